The Morgan fingerprint density at radius 2 is 1.88 bits per heavy atom. The topological polar surface area (TPSA) is 70.1 Å². The Balaban J connectivity index is 1.82. The van der Waals surface area contributed by atoms with E-state index in [9.17, 15) is 4.79 Å². The smallest absolute Gasteiger partial charge is 0.277 e. The highest BCUT2D eigenvalue weighted by molar-refractivity contribution is 5.74. The molecule has 4 rings (SSSR count). The molecule has 1 fully saturated rings. The van der Waals surface area contributed by atoms with Crippen LogP contribution in [0.25, 0.3) is 11.2 Å². The molecule has 124 valence electrons. The summed E-state index contributed by atoms with van der Waals surface area (Å²) in [5, 5.41) is 0. The van der Waals surface area contributed by atoms with Crippen molar-refractivity contribution in [2.24, 2.45) is 0 Å². The molecule has 0 unspecified atom stereocenters. The predicted molar refractivity (Wildman–Crippen MR) is 93.4 cm³/mol. The van der Waals surface area contributed by atoms with Gasteiger partial charge in [-0.25, -0.2) is 4.98 Å². The van der Waals surface area contributed by atoms with Gasteiger partial charge in [0.25, 0.3) is 5.56 Å². The second-order valence-electron chi connectivity index (χ2n) is 6.18. The Labute approximate surface area is 139 Å². The number of piperazine rings is 1. The number of hydrogen-bond acceptors (Lipinski definition) is 5. The number of aromatic amines is 1. The maximum atomic E-state index is 12.4. The quantitative estimate of drug-likeness (QED) is 0.776. The van der Waals surface area contributed by atoms with E-state index in [1.165, 1.54) is 6.33 Å². The maximum Gasteiger partial charge on any atom is 0.277 e. The first-order chi connectivity index (χ1) is 11.7. The molecule has 24 heavy (non-hydrogen) atoms. The van der Waals surface area contributed by atoms with E-state index < -0.39 is 0 Å². The summed E-state index contributed by atoms with van der Waals surface area (Å²) in [6, 6.07) is 10.1. The van der Waals surface area contributed by atoms with Crippen LogP contribution in [0, 0.1) is 0 Å². The summed E-state index contributed by atoms with van der Waals surface area (Å²) >= 11 is 0. The van der Waals surface area contributed by atoms with Crippen molar-refractivity contribution in [3.8, 4) is 0 Å². The Morgan fingerprint density at radius 3 is 2.62 bits per heavy atom. The first kappa shape index (κ1) is 14.9. The third-order valence-electron chi connectivity index (χ3n) is 4.50. The molecule has 3 heterocycles. The molecule has 0 saturated carbocycles. The van der Waals surface area contributed by atoms with Gasteiger partial charge in [0.15, 0.2) is 11.2 Å². The van der Waals surface area contributed by atoms with E-state index in [1.54, 1.807) is 0 Å². The minimum atomic E-state index is -0.149. The van der Waals surface area contributed by atoms with Gasteiger partial charge in [-0.2, -0.15) is 4.98 Å². The molecule has 0 radical (unpaired) electrons. The average molecular weight is 324 g/mol. The fourth-order valence-corrected chi connectivity index (χ4v) is 3.13. The summed E-state index contributed by atoms with van der Waals surface area (Å²) in [5.41, 5.74) is 2.03. The number of fused-ring (bicyclic) bond motifs is 1. The summed E-state index contributed by atoms with van der Waals surface area (Å²) in [6.45, 7) is 4.36. The summed E-state index contributed by atoms with van der Waals surface area (Å²) < 4.78 is 1.99. The molecule has 7 heteroatoms. The third kappa shape index (κ3) is 2.67. The number of likely N-dealkylation sites (N-methyl/N-ethyl adjacent to an activating group) is 1. The van der Waals surface area contributed by atoms with Gasteiger partial charge in [0, 0.05) is 26.2 Å². The molecule has 1 aromatic carbocycles. The van der Waals surface area contributed by atoms with Gasteiger partial charge < -0.3 is 14.8 Å². The van der Waals surface area contributed by atoms with Crippen LogP contribution in [0.15, 0.2) is 41.5 Å². The van der Waals surface area contributed by atoms with Crippen LogP contribution in [-0.4, -0.2) is 57.6 Å². The molecule has 1 aliphatic rings. The minimum absolute atomic E-state index is 0.149. The number of benzene rings is 1. The average Bonchev–Trinajstić information content (AvgIpc) is 2.96. The lowest BCUT2D eigenvalue weighted by molar-refractivity contribution is 0.310. The van der Waals surface area contributed by atoms with E-state index in [-0.39, 0.29) is 5.56 Å². The monoisotopic (exact) mass is 324 g/mol. The van der Waals surface area contributed by atoms with Gasteiger partial charge in [-0.05, 0) is 12.6 Å². The van der Waals surface area contributed by atoms with Crippen molar-refractivity contribution in [2.45, 2.75) is 6.54 Å². The van der Waals surface area contributed by atoms with E-state index in [4.69, 9.17) is 0 Å². The van der Waals surface area contributed by atoms with Crippen LogP contribution >= 0.6 is 0 Å². The molecule has 0 aliphatic carbocycles. The molecule has 1 N–H and O–H groups in total. The third-order valence-corrected chi connectivity index (χ3v) is 4.50. The maximum absolute atomic E-state index is 12.4. The lowest BCUT2D eigenvalue weighted by atomic mass is 10.2. The highest BCUT2D eigenvalue weighted by atomic mass is 16.1. The normalized spacial score (nSPS) is 16.0. The molecular formula is C17H20N6O. The van der Waals surface area contributed by atoms with E-state index in [0.29, 0.717) is 17.7 Å². The first-order valence-electron chi connectivity index (χ1n) is 8.14. The number of nitrogens with zero attached hydrogens (tertiary/aromatic N) is 5. The second kappa shape index (κ2) is 6.09. The van der Waals surface area contributed by atoms with Crippen LogP contribution in [0.3, 0.4) is 0 Å². The molecule has 3 aromatic rings. The Kier molecular flexibility index (Phi) is 3.78. The second-order valence-corrected chi connectivity index (χ2v) is 6.18. The number of aromatic nitrogens is 4. The number of rotatable bonds is 3. The Hall–Kier alpha value is -2.67. The number of anilines is 1. The van der Waals surface area contributed by atoms with Crippen molar-refractivity contribution in [3.05, 3.63) is 52.6 Å². The Bertz CT molecular complexity index is 892. The zero-order valence-electron chi connectivity index (χ0n) is 13.6. The SMILES string of the molecule is CN1CCN(c2nc3nc[nH]c(=O)c3n2Cc2ccccc2)CC1. The zero-order valence-corrected chi connectivity index (χ0v) is 13.6. The van der Waals surface area contributed by atoms with Crippen molar-refractivity contribution >= 4 is 17.1 Å². The molecule has 0 atom stereocenters. The van der Waals surface area contributed by atoms with Gasteiger partial charge in [0.05, 0.1) is 12.9 Å². The zero-order chi connectivity index (χ0) is 16.5. The van der Waals surface area contributed by atoms with Crippen molar-refractivity contribution in [1.82, 2.24) is 24.4 Å². The summed E-state index contributed by atoms with van der Waals surface area (Å²) in [6.07, 6.45) is 1.41. The first-order valence-corrected chi connectivity index (χ1v) is 8.14. The van der Waals surface area contributed by atoms with E-state index in [1.807, 2.05) is 22.8 Å². The number of imidazole rings is 1. The fraction of sp³-hybridized carbons (Fsp3) is 0.353. The minimum Gasteiger partial charge on any atom is -0.340 e. The number of H-pyrrole nitrogens is 1. The summed E-state index contributed by atoms with van der Waals surface area (Å²) in [4.78, 5) is 28.5. The van der Waals surface area contributed by atoms with Crippen molar-refractivity contribution in [1.29, 1.82) is 0 Å². The van der Waals surface area contributed by atoms with Crippen LogP contribution in [-0.2, 0) is 6.54 Å². The van der Waals surface area contributed by atoms with Gasteiger partial charge in [-0.15, -0.1) is 0 Å². The van der Waals surface area contributed by atoms with Gasteiger partial charge in [0.1, 0.15) is 0 Å². The van der Waals surface area contributed by atoms with Crippen LogP contribution in [0.2, 0.25) is 0 Å². The standard InChI is InChI=1S/C17H20N6O/c1-21-7-9-22(10-8-21)17-20-15-14(16(24)19-12-18-15)23(17)11-13-5-3-2-4-6-13/h2-6,12H,7-11H2,1H3,(H,18,19,24). The van der Waals surface area contributed by atoms with E-state index in [0.717, 1.165) is 37.7 Å². The largest absolute Gasteiger partial charge is 0.340 e. The summed E-state index contributed by atoms with van der Waals surface area (Å²) in [5.74, 6) is 0.825. The molecule has 1 aliphatic heterocycles. The van der Waals surface area contributed by atoms with Gasteiger partial charge >= 0.3 is 0 Å². The fourth-order valence-electron chi connectivity index (χ4n) is 3.13. The molecule has 0 spiro atoms. The predicted octanol–water partition coefficient (Wildman–Crippen LogP) is 0.920. The number of nitrogens with one attached hydrogen (secondary N) is 1. The van der Waals surface area contributed by atoms with E-state index in [2.05, 4.69) is 43.9 Å². The highest BCUT2D eigenvalue weighted by Gasteiger charge is 2.22. The lowest BCUT2D eigenvalue weighted by Crippen LogP contribution is -2.45. The van der Waals surface area contributed by atoms with Crippen LogP contribution in [0.5, 0.6) is 0 Å². The van der Waals surface area contributed by atoms with Gasteiger partial charge in [-0.3, -0.25) is 9.36 Å². The molecule has 1 saturated heterocycles. The van der Waals surface area contributed by atoms with Gasteiger partial charge in [0.2, 0.25) is 5.95 Å². The van der Waals surface area contributed by atoms with Crippen molar-refractivity contribution < 1.29 is 0 Å². The molecular weight excluding hydrogens is 304 g/mol. The van der Waals surface area contributed by atoms with Crippen LogP contribution < -0.4 is 10.5 Å². The molecule has 0 bridgehead atoms. The molecule has 0 amide bonds. The molecule has 2 aromatic heterocycles. The summed E-state index contributed by atoms with van der Waals surface area (Å²) in [7, 11) is 2.12. The van der Waals surface area contributed by atoms with Gasteiger partial charge in [-0.1, -0.05) is 30.3 Å². The van der Waals surface area contributed by atoms with Crippen LogP contribution in [0.4, 0.5) is 5.95 Å². The lowest BCUT2D eigenvalue weighted by Gasteiger charge is -2.33. The van der Waals surface area contributed by atoms with Crippen molar-refractivity contribution in [2.75, 3.05) is 38.1 Å². The van der Waals surface area contributed by atoms with Crippen molar-refractivity contribution in [3.63, 3.8) is 0 Å². The highest BCUT2D eigenvalue weighted by Crippen LogP contribution is 2.21. The van der Waals surface area contributed by atoms with E-state index >= 15 is 0 Å². The Morgan fingerprint density at radius 1 is 1.12 bits per heavy atom. The molecule has 7 nitrogen and oxygen atoms in total. The number of hydrogen-bond donors (Lipinski definition) is 1. The van der Waals surface area contributed by atoms with Crippen LogP contribution in [0.1, 0.15) is 5.56 Å².